The van der Waals surface area contributed by atoms with Crippen molar-refractivity contribution in [2.75, 3.05) is 6.61 Å². The topological polar surface area (TPSA) is 43.4 Å². The second kappa shape index (κ2) is 7.74. The van der Waals surface area contributed by atoms with Gasteiger partial charge in [-0.25, -0.2) is 4.79 Å². The van der Waals surface area contributed by atoms with Crippen LogP contribution >= 0.6 is 0 Å². The van der Waals surface area contributed by atoms with Gasteiger partial charge in [-0.3, -0.25) is 4.79 Å². The molecule has 0 saturated heterocycles. The molecule has 0 rings (SSSR count). The number of hydrogen-bond acceptors (Lipinski definition) is 3. The summed E-state index contributed by atoms with van der Waals surface area (Å²) < 4.78 is 4.74. The number of hydrogen-bond donors (Lipinski definition) is 0. The van der Waals surface area contributed by atoms with E-state index in [1.54, 1.807) is 39.0 Å². The van der Waals surface area contributed by atoms with E-state index in [9.17, 15) is 9.59 Å². The fourth-order valence-electron chi connectivity index (χ4n) is 0.809. The lowest BCUT2D eigenvalue weighted by molar-refractivity contribution is -0.137. The van der Waals surface area contributed by atoms with E-state index in [1.807, 2.05) is 0 Å². The molecule has 0 radical (unpaired) electrons. The Balaban J connectivity index is 4.29. The van der Waals surface area contributed by atoms with Crippen LogP contribution in [0.4, 0.5) is 0 Å². The molecule has 0 bridgehead atoms. The summed E-state index contributed by atoms with van der Waals surface area (Å²) >= 11 is 0. The highest BCUT2D eigenvalue weighted by Crippen LogP contribution is 1.97. The Morgan fingerprint density at radius 3 is 2.47 bits per heavy atom. The summed E-state index contributed by atoms with van der Waals surface area (Å²) in [6.45, 7) is 5.63. The van der Waals surface area contributed by atoms with E-state index < -0.39 is 0 Å². The molecular formula is C12H16O3. The monoisotopic (exact) mass is 208 g/mol. The molecule has 0 aliphatic heterocycles. The van der Waals surface area contributed by atoms with E-state index in [0.29, 0.717) is 12.2 Å². The van der Waals surface area contributed by atoms with Gasteiger partial charge < -0.3 is 4.74 Å². The molecule has 0 aliphatic rings. The summed E-state index contributed by atoms with van der Waals surface area (Å²) in [5, 5.41) is 0. The SMILES string of the molecule is CCOC(=O)C=C(C)C=CC=C(C)C=O. The number of allylic oxidation sites excluding steroid dienone is 5. The van der Waals surface area contributed by atoms with Crippen molar-refractivity contribution in [2.24, 2.45) is 0 Å². The highest BCUT2D eigenvalue weighted by Gasteiger charge is 1.94. The third-order valence-electron chi connectivity index (χ3n) is 1.54. The molecule has 0 aromatic heterocycles. The minimum absolute atomic E-state index is 0.351. The molecule has 3 heteroatoms. The van der Waals surface area contributed by atoms with E-state index in [4.69, 9.17) is 4.74 Å². The maximum absolute atomic E-state index is 11.0. The first kappa shape index (κ1) is 13.4. The Morgan fingerprint density at radius 1 is 1.27 bits per heavy atom. The third kappa shape index (κ3) is 7.43. The van der Waals surface area contributed by atoms with E-state index >= 15 is 0 Å². The van der Waals surface area contributed by atoms with Gasteiger partial charge in [0.1, 0.15) is 6.29 Å². The lowest BCUT2D eigenvalue weighted by Gasteiger charge is -1.95. The zero-order chi connectivity index (χ0) is 11.7. The zero-order valence-electron chi connectivity index (χ0n) is 9.32. The number of rotatable bonds is 5. The second-order valence-corrected chi connectivity index (χ2v) is 3.03. The van der Waals surface area contributed by atoms with Crippen LogP contribution in [0.1, 0.15) is 20.8 Å². The maximum atomic E-state index is 11.0. The number of esters is 1. The summed E-state index contributed by atoms with van der Waals surface area (Å²) in [6, 6.07) is 0. The Kier molecular flexibility index (Phi) is 6.89. The Morgan fingerprint density at radius 2 is 1.93 bits per heavy atom. The first-order chi connectivity index (χ1) is 7.10. The third-order valence-corrected chi connectivity index (χ3v) is 1.54. The van der Waals surface area contributed by atoms with Gasteiger partial charge >= 0.3 is 5.97 Å². The number of carbonyl (C=O) groups is 2. The van der Waals surface area contributed by atoms with Gasteiger partial charge in [-0.1, -0.05) is 18.2 Å². The van der Waals surface area contributed by atoms with E-state index in [2.05, 4.69) is 0 Å². The van der Waals surface area contributed by atoms with Crippen LogP contribution in [0.15, 0.2) is 35.5 Å². The molecule has 0 N–H and O–H groups in total. The fourth-order valence-corrected chi connectivity index (χ4v) is 0.809. The molecule has 82 valence electrons. The summed E-state index contributed by atoms with van der Waals surface area (Å²) in [6.07, 6.45) is 7.31. The number of ether oxygens (including phenoxy) is 1. The molecule has 0 saturated carbocycles. The van der Waals surface area contributed by atoms with Crippen molar-refractivity contribution in [2.45, 2.75) is 20.8 Å². The zero-order valence-corrected chi connectivity index (χ0v) is 9.32. The molecular weight excluding hydrogens is 192 g/mol. The summed E-state index contributed by atoms with van der Waals surface area (Å²) in [5.41, 5.74) is 1.42. The van der Waals surface area contributed by atoms with Gasteiger partial charge in [-0.15, -0.1) is 0 Å². The second-order valence-electron chi connectivity index (χ2n) is 3.03. The Bertz CT molecular complexity index is 309. The van der Waals surface area contributed by atoms with E-state index in [1.165, 1.54) is 6.08 Å². The van der Waals surface area contributed by atoms with Gasteiger partial charge in [0.2, 0.25) is 0 Å². The van der Waals surface area contributed by atoms with Gasteiger partial charge in [0, 0.05) is 6.08 Å². The minimum Gasteiger partial charge on any atom is -0.463 e. The van der Waals surface area contributed by atoms with Gasteiger partial charge in [0.25, 0.3) is 0 Å². The van der Waals surface area contributed by atoms with Gasteiger partial charge in [0.05, 0.1) is 6.61 Å². The molecule has 0 aromatic rings. The largest absolute Gasteiger partial charge is 0.463 e. The molecule has 3 nitrogen and oxygen atoms in total. The Hall–Kier alpha value is -1.64. The van der Waals surface area contributed by atoms with Crippen molar-refractivity contribution in [3.8, 4) is 0 Å². The van der Waals surface area contributed by atoms with Crippen LogP contribution in [0.25, 0.3) is 0 Å². The molecule has 0 aromatic carbocycles. The van der Waals surface area contributed by atoms with Crippen molar-refractivity contribution in [1.29, 1.82) is 0 Å². The quantitative estimate of drug-likeness (QED) is 0.301. The van der Waals surface area contributed by atoms with Gasteiger partial charge in [-0.05, 0) is 31.9 Å². The first-order valence-corrected chi connectivity index (χ1v) is 4.75. The van der Waals surface area contributed by atoms with Gasteiger partial charge in [-0.2, -0.15) is 0 Å². The minimum atomic E-state index is -0.351. The first-order valence-electron chi connectivity index (χ1n) is 4.75. The average molecular weight is 208 g/mol. The molecule has 0 fully saturated rings. The fraction of sp³-hybridized carbons (Fsp3) is 0.333. The number of carbonyl (C=O) groups excluding carboxylic acids is 2. The Labute approximate surface area is 90.1 Å². The molecule has 0 unspecified atom stereocenters. The van der Waals surface area contributed by atoms with Crippen molar-refractivity contribution in [1.82, 2.24) is 0 Å². The summed E-state index contributed by atoms with van der Waals surface area (Å²) in [4.78, 5) is 21.3. The summed E-state index contributed by atoms with van der Waals surface area (Å²) in [7, 11) is 0. The average Bonchev–Trinajstić information content (AvgIpc) is 2.17. The van der Waals surface area contributed by atoms with Gasteiger partial charge in [0.15, 0.2) is 0 Å². The molecule has 0 atom stereocenters. The molecule has 0 amide bonds. The van der Waals surface area contributed by atoms with Crippen molar-refractivity contribution < 1.29 is 14.3 Å². The van der Waals surface area contributed by atoms with Crippen LogP contribution < -0.4 is 0 Å². The standard InChI is InChI=1S/C12H16O3/c1-4-15-12(14)8-10(2)6-5-7-11(3)9-13/h5-9H,4H2,1-3H3. The van der Waals surface area contributed by atoms with Crippen molar-refractivity contribution >= 4 is 12.3 Å². The van der Waals surface area contributed by atoms with Crippen LogP contribution in [0.2, 0.25) is 0 Å². The molecule has 15 heavy (non-hydrogen) atoms. The molecule has 0 heterocycles. The highest BCUT2D eigenvalue weighted by atomic mass is 16.5. The number of aldehydes is 1. The normalized spacial score (nSPS) is 13.0. The maximum Gasteiger partial charge on any atom is 0.330 e. The molecule has 0 spiro atoms. The van der Waals surface area contributed by atoms with Crippen LogP contribution in [0.5, 0.6) is 0 Å². The lowest BCUT2D eigenvalue weighted by Crippen LogP contribution is -1.99. The van der Waals surface area contributed by atoms with E-state index in [-0.39, 0.29) is 5.97 Å². The predicted molar refractivity (Wildman–Crippen MR) is 59.4 cm³/mol. The summed E-state index contributed by atoms with van der Waals surface area (Å²) in [5.74, 6) is -0.351. The predicted octanol–water partition coefficient (Wildman–Crippen LogP) is 2.20. The van der Waals surface area contributed by atoms with Crippen molar-refractivity contribution in [3.05, 3.63) is 35.5 Å². The van der Waals surface area contributed by atoms with Crippen molar-refractivity contribution in [3.63, 3.8) is 0 Å². The van der Waals surface area contributed by atoms with Crippen LogP contribution in [-0.4, -0.2) is 18.9 Å². The smallest absolute Gasteiger partial charge is 0.330 e. The van der Waals surface area contributed by atoms with Crippen LogP contribution in [0.3, 0.4) is 0 Å². The van der Waals surface area contributed by atoms with Crippen LogP contribution in [-0.2, 0) is 14.3 Å². The van der Waals surface area contributed by atoms with Crippen LogP contribution in [0, 0.1) is 0 Å². The lowest BCUT2D eigenvalue weighted by atomic mass is 10.2. The molecule has 0 aliphatic carbocycles. The van der Waals surface area contributed by atoms with E-state index in [0.717, 1.165) is 11.9 Å². The highest BCUT2D eigenvalue weighted by molar-refractivity contribution is 5.83.